The Labute approximate surface area is 178 Å². The summed E-state index contributed by atoms with van der Waals surface area (Å²) in [4.78, 5) is 15.6. The predicted octanol–water partition coefficient (Wildman–Crippen LogP) is 5.46. The normalized spacial score (nSPS) is 22.1. The smallest absolute Gasteiger partial charge is 0.238 e. The number of carbonyl (C=O) groups excluding carboxylic acids is 1. The SMILES string of the molecule is CC/C=C/[C@]1([C@@H](O)c2ccccc2)C(=O)N(Cc2ccccc2)[C@@H]1c1ccccc1. The van der Waals surface area contributed by atoms with Crippen LogP contribution in [0.5, 0.6) is 0 Å². The summed E-state index contributed by atoms with van der Waals surface area (Å²) in [5.41, 5.74) is 1.85. The van der Waals surface area contributed by atoms with E-state index in [1.165, 1.54) is 0 Å². The highest BCUT2D eigenvalue weighted by molar-refractivity contribution is 5.93. The molecule has 1 N–H and O–H groups in total. The first-order valence-corrected chi connectivity index (χ1v) is 10.5. The quantitative estimate of drug-likeness (QED) is 0.425. The van der Waals surface area contributed by atoms with Gasteiger partial charge < -0.3 is 10.0 Å². The summed E-state index contributed by atoms with van der Waals surface area (Å²) in [7, 11) is 0. The first-order chi connectivity index (χ1) is 14.7. The molecule has 4 rings (SSSR count). The lowest BCUT2D eigenvalue weighted by atomic mass is 9.62. The van der Waals surface area contributed by atoms with Gasteiger partial charge in [0.15, 0.2) is 0 Å². The number of likely N-dealkylation sites (tertiary alicyclic amines) is 1. The molecule has 0 unspecified atom stereocenters. The van der Waals surface area contributed by atoms with Gasteiger partial charge in [-0.25, -0.2) is 0 Å². The number of aliphatic hydroxyl groups excluding tert-OH is 1. The van der Waals surface area contributed by atoms with Crippen molar-refractivity contribution in [1.82, 2.24) is 4.90 Å². The molecule has 0 radical (unpaired) electrons. The van der Waals surface area contributed by atoms with Crippen molar-refractivity contribution in [2.75, 3.05) is 0 Å². The van der Waals surface area contributed by atoms with Crippen molar-refractivity contribution >= 4 is 5.91 Å². The van der Waals surface area contributed by atoms with Crippen molar-refractivity contribution in [2.45, 2.75) is 32.0 Å². The van der Waals surface area contributed by atoms with E-state index in [0.717, 1.165) is 23.1 Å². The maximum atomic E-state index is 13.7. The second kappa shape index (κ2) is 8.68. The first-order valence-electron chi connectivity index (χ1n) is 10.5. The van der Waals surface area contributed by atoms with E-state index in [9.17, 15) is 9.90 Å². The van der Waals surface area contributed by atoms with Crippen LogP contribution in [0.3, 0.4) is 0 Å². The largest absolute Gasteiger partial charge is 0.387 e. The van der Waals surface area contributed by atoms with Gasteiger partial charge in [0.2, 0.25) is 5.91 Å². The fraction of sp³-hybridized carbons (Fsp3) is 0.222. The highest BCUT2D eigenvalue weighted by Gasteiger charge is 2.63. The van der Waals surface area contributed by atoms with Gasteiger partial charge >= 0.3 is 0 Å². The van der Waals surface area contributed by atoms with Crippen LogP contribution in [0.15, 0.2) is 103 Å². The molecule has 1 aliphatic rings. The van der Waals surface area contributed by atoms with E-state index in [2.05, 4.69) is 0 Å². The van der Waals surface area contributed by atoms with Gasteiger partial charge in [-0.1, -0.05) is 110 Å². The molecule has 1 aliphatic heterocycles. The van der Waals surface area contributed by atoms with Crippen molar-refractivity contribution in [3.8, 4) is 0 Å². The number of allylic oxidation sites excluding steroid dienone is 1. The molecule has 3 nitrogen and oxygen atoms in total. The molecule has 3 atom stereocenters. The summed E-state index contributed by atoms with van der Waals surface area (Å²) in [6, 6.07) is 29.3. The Hall–Kier alpha value is -3.17. The van der Waals surface area contributed by atoms with Gasteiger partial charge in [-0.15, -0.1) is 0 Å². The average Bonchev–Trinajstić information content (AvgIpc) is 2.81. The molecular formula is C27H27NO2. The molecule has 3 aromatic rings. The molecule has 1 saturated heterocycles. The summed E-state index contributed by atoms with van der Waals surface area (Å²) >= 11 is 0. The minimum absolute atomic E-state index is 0.0405. The van der Waals surface area contributed by atoms with Crippen molar-refractivity contribution < 1.29 is 9.90 Å². The molecule has 0 aliphatic carbocycles. The molecule has 0 spiro atoms. The van der Waals surface area contributed by atoms with Crippen molar-refractivity contribution in [3.63, 3.8) is 0 Å². The van der Waals surface area contributed by atoms with E-state index in [1.54, 1.807) is 0 Å². The fourth-order valence-corrected chi connectivity index (χ4v) is 4.45. The van der Waals surface area contributed by atoms with Crippen LogP contribution in [-0.2, 0) is 11.3 Å². The van der Waals surface area contributed by atoms with Crippen LogP contribution in [0, 0.1) is 5.41 Å². The molecule has 1 fully saturated rings. The molecule has 3 aromatic carbocycles. The van der Waals surface area contributed by atoms with Gasteiger partial charge in [-0.05, 0) is 23.1 Å². The van der Waals surface area contributed by atoms with E-state index in [-0.39, 0.29) is 11.9 Å². The zero-order valence-corrected chi connectivity index (χ0v) is 17.2. The second-order valence-electron chi connectivity index (χ2n) is 7.79. The maximum Gasteiger partial charge on any atom is 0.238 e. The summed E-state index contributed by atoms with van der Waals surface area (Å²) in [6.07, 6.45) is 3.81. The first kappa shape index (κ1) is 20.1. The molecule has 0 saturated carbocycles. The topological polar surface area (TPSA) is 40.5 Å². The number of aliphatic hydroxyl groups is 1. The summed E-state index contributed by atoms with van der Waals surface area (Å²) in [6.45, 7) is 2.56. The Morgan fingerprint density at radius 2 is 1.50 bits per heavy atom. The number of carbonyl (C=O) groups is 1. The van der Waals surface area contributed by atoms with E-state index in [1.807, 2.05) is 115 Å². The molecule has 30 heavy (non-hydrogen) atoms. The molecular weight excluding hydrogens is 370 g/mol. The van der Waals surface area contributed by atoms with Crippen LogP contribution in [0.2, 0.25) is 0 Å². The summed E-state index contributed by atoms with van der Waals surface area (Å²) in [5.74, 6) is -0.0405. The number of nitrogens with zero attached hydrogens (tertiary/aromatic N) is 1. The van der Waals surface area contributed by atoms with E-state index in [0.29, 0.717) is 6.54 Å². The molecule has 1 heterocycles. The van der Waals surface area contributed by atoms with Gasteiger partial charge in [0.25, 0.3) is 0 Å². The van der Waals surface area contributed by atoms with E-state index >= 15 is 0 Å². The minimum atomic E-state index is -1.02. The van der Waals surface area contributed by atoms with Crippen molar-refractivity contribution in [1.29, 1.82) is 0 Å². The summed E-state index contributed by atoms with van der Waals surface area (Å²) < 4.78 is 0. The standard InChI is InChI=1S/C27H27NO2/c1-2-3-19-27(25(29)23-17-11-6-12-18-23)24(22-15-9-5-10-16-22)28(26(27)30)20-21-13-7-4-8-14-21/h3-19,24-25,29H,2,20H2,1H3/b19-3+/t24-,25+,27+/m1/s1. The number of β-lactam (4-membered cyclic amide) rings is 1. The van der Waals surface area contributed by atoms with E-state index < -0.39 is 11.5 Å². The second-order valence-corrected chi connectivity index (χ2v) is 7.79. The van der Waals surface area contributed by atoms with Gasteiger partial charge in [-0.3, -0.25) is 4.79 Å². The third-order valence-corrected chi connectivity index (χ3v) is 5.90. The van der Waals surface area contributed by atoms with Crippen LogP contribution in [0.1, 0.15) is 42.2 Å². The Balaban J connectivity index is 1.81. The van der Waals surface area contributed by atoms with Gasteiger partial charge in [0.05, 0.1) is 12.1 Å². The molecule has 0 bridgehead atoms. The number of rotatable bonds is 7. The zero-order valence-electron chi connectivity index (χ0n) is 17.2. The van der Waals surface area contributed by atoms with E-state index in [4.69, 9.17) is 0 Å². The number of hydrogen-bond acceptors (Lipinski definition) is 2. The molecule has 3 heteroatoms. The van der Waals surface area contributed by atoms with Crippen LogP contribution >= 0.6 is 0 Å². The highest BCUT2D eigenvalue weighted by Crippen LogP contribution is 2.58. The fourth-order valence-electron chi connectivity index (χ4n) is 4.45. The van der Waals surface area contributed by atoms with Gasteiger partial charge in [-0.2, -0.15) is 0 Å². The van der Waals surface area contributed by atoms with Crippen LogP contribution < -0.4 is 0 Å². The number of benzene rings is 3. The maximum absolute atomic E-state index is 13.7. The Morgan fingerprint density at radius 1 is 0.933 bits per heavy atom. The van der Waals surface area contributed by atoms with Crippen LogP contribution in [0.25, 0.3) is 0 Å². The monoisotopic (exact) mass is 397 g/mol. The van der Waals surface area contributed by atoms with Crippen molar-refractivity contribution in [2.24, 2.45) is 5.41 Å². The Bertz CT molecular complexity index is 1000. The molecule has 1 amide bonds. The lowest BCUT2D eigenvalue weighted by molar-refractivity contribution is -0.182. The Morgan fingerprint density at radius 3 is 2.10 bits per heavy atom. The lowest BCUT2D eigenvalue weighted by Gasteiger charge is -2.57. The Kier molecular flexibility index (Phi) is 5.82. The van der Waals surface area contributed by atoms with Crippen molar-refractivity contribution in [3.05, 3.63) is 120 Å². The zero-order chi connectivity index (χ0) is 21.0. The predicted molar refractivity (Wildman–Crippen MR) is 119 cm³/mol. The summed E-state index contributed by atoms with van der Waals surface area (Å²) in [5, 5.41) is 11.5. The van der Waals surface area contributed by atoms with Gasteiger partial charge in [0, 0.05) is 6.54 Å². The number of hydrogen-bond donors (Lipinski definition) is 1. The lowest BCUT2D eigenvalue weighted by Crippen LogP contribution is -2.64. The minimum Gasteiger partial charge on any atom is -0.387 e. The molecule has 0 aromatic heterocycles. The third kappa shape index (κ3) is 3.46. The van der Waals surface area contributed by atoms with Crippen LogP contribution in [-0.4, -0.2) is 15.9 Å². The van der Waals surface area contributed by atoms with Gasteiger partial charge in [0.1, 0.15) is 5.41 Å². The third-order valence-electron chi connectivity index (χ3n) is 5.90. The average molecular weight is 398 g/mol. The number of amides is 1. The van der Waals surface area contributed by atoms with Crippen LogP contribution in [0.4, 0.5) is 0 Å². The molecule has 152 valence electrons. The highest BCUT2D eigenvalue weighted by atomic mass is 16.3.